The van der Waals surface area contributed by atoms with E-state index in [1.54, 1.807) is 12.1 Å². The summed E-state index contributed by atoms with van der Waals surface area (Å²) >= 11 is 12.4. The molecule has 0 saturated heterocycles. The van der Waals surface area contributed by atoms with Crippen LogP contribution in [0.15, 0.2) is 18.2 Å². The van der Waals surface area contributed by atoms with Gasteiger partial charge in [-0.15, -0.1) is 0 Å². The molecule has 1 aromatic rings. The third-order valence-corrected chi connectivity index (χ3v) is 8.20. The fraction of sp³-hybridized carbons (Fsp3) is 0.619. The maximum Gasteiger partial charge on any atom is 0.309 e. The van der Waals surface area contributed by atoms with Gasteiger partial charge in [-0.1, -0.05) is 29.3 Å². The van der Waals surface area contributed by atoms with Crippen LogP contribution in [0.3, 0.4) is 0 Å². The van der Waals surface area contributed by atoms with Gasteiger partial charge in [0.25, 0.3) is 0 Å². The first-order valence-corrected chi connectivity index (χ1v) is 10.6. The maximum atomic E-state index is 13.3. The molecule has 1 amide bonds. The van der Waals surface area contributed by atoms with E-state index in [9.17, 15) is 14.7 Å². The monoisotopic (exact) mass is 407 g/mol. The highest BCUT2D eigenvalue weighted by molar-refractivity contribution is 6.35. The van der Waals surface area contributed by atoms with E-state index in [0.717, 1.165) is 37.7 Å². The first-order valence-electron chi connectivity index (χ1n) is 9.83. The molecular weight excluding hydrogens is 385 g/mol. The summed E-state index contributed by atoms with van der Waals surface area (Å²) in [6, 6.07) is 5.46. The molecule has 2 unspecified atom stereocenters. The van der Waals surface area contributed by atoms with Gasteiger partial charge in [0.15, 0.2) is 0 Å². The molecule has 2 N–H and O–H groups in total. The van der Waals surface area contributed by atoms with Crippen LogP contribution in [0.25, 0.3) is 0 Å². The minimum absolute atomic E-state index is 0.0496. The molecule has 0 aromatic heterocycles. The number of nitrogens with one attached hydrogen (secondary N) is 1. The highest BCUT2D eigenvalue weighted by Gasteiger charge is 2.60. The van der Waals surface area contributed by atoms with Crippen molar-refractivity contribution in [3.8, 4) is 0 Å². The summed E-state index contributed by atoms with van der Waals surface area (Å²) in [7, 11) is 0. The Bertz CT molecular complexity index is 819. The molecule has 0 aliphatic heterocycles. The van der Waals surface area contributed by atoms with Crippen LogP contribution in [0, 0.1) is 23.2 Å². The van der Waals surface area contributed by atoms with Gasteiger partial charge in [-0.2, -0.15) is 0 Å². The topological polar surface area (TPSA) is 66.4 Å². The number of benzene rings is 1. The second-order valence-electron chi connectivity index (χ2n) is 9.26. The van der Waals surface area contributed by atoms with Gasteiger partial charge in [-0.25, -0.2) is 0 Å². The van der Waals surface area contributed by atoms with Crippen LogP contribution in [-0.2, 0) is 15.0 Å². The average molecular weight is 408 g/mol. The number of hydrogen-bond acceptors (Lipinski definition) is 2. The van der Waals surface area contributed by atoms with E-state index >= 15 is 0 Å². The van der Waals surface area contributed by atoms with Crippen molar-refractivity contribution in [1.29, 1.82) is 0 Å². The van der Waals surface area contributed by atoms with Crippen LogP contribution in [0.1, 0.15) is 50.5 Å². The Kier molecular flexibility index (Phi) is 3.87. The molecule has 0 spiro atoms. The van der Waals surface area contributed by atoms with Gasteiger partial charge in [0.1, 0.15) is 0 Å². The predicted octanol–water partition coefficient (Wildman–Crippen LogP) is 4.42. The largest absolute Gasteiger partial charge is 0.481 e. The Labute approximate surface area is 168 Å². The standard InChI is InChI=1S/C21H23Cl2NO3/c22-14-1-2-15(16(23)7-14)21(3-4-21)18(25)24-17-12-5-11-6-13(17)10-20(8-11,9-12)19(26)27/h1-2,7,11-13,17H,3-6,8-10H2,(H,24,25)(H,26,27). The van der Waals surface area contributed by atoms with Crippen LogP contribution in [0.4, 0.5) is 0 Å². The van der Waals surface area contributed by atoms with Gasteiger partial charge < -0.3 is 10.4 Å². The molecule has 144 valence electrons. The number of rotatable bonds is 4. The van der Waals surface area contributed by atoms with Crippen molar-refractivity contribution < 1.29 is 14.7 Å². The first-order chi connectivity index (χ1) is 12.8. The Hall–Kier alpha value is -1.26. The minimum Gasteiger partial charge on any atom is -0.481 e. The molecule has 1 aromatic carbocycles. The Morgan fingerprint density at radius 3 is 2.30 bits per heavy atom. The molecule has 0 heterocycles. The summed E-state index contributed by atoms with van der Waals surface area (Å²) < 4.78 is 0. The molecule has 5 saturated carbocycles. The van der Waals surface area contributed by atoms with E-state index in [1.165, 1.54) is 0 Å². The third kappa shape index (κ3) is 2.63. The van der Waals surface area contributed by atoms with Gasteiger partial charge in [-0.3, -0.25) is 9.59 Å². The number of carbonyl (C=O) groups is 2. The van der Waals surface area contributed by atoms with Crippen LogP contribution < -0.4 is 5.32 Å². The molecule has 5 aliphatic carbocycles. The van der Waals surface area contributed by atoms with Crippen LogP contribution in [-0.4, -0.2) is 23.0 Å². The quantitative estimate of drug-likeness (QED) is 0.775. The number of aliphatic carboxylic acids is 1. The minimum atomic E-state index is -0.640. The van der Waals surface area contributed by atoms with Gasteiger partial charge >= 0.3 is 5.97 Å². The van der Waals surface area contributed by atoms with Gasteiger partial charge in [0.05, 0.1) is 10.8 Å². The highest BCUT2D eigenvalue weighted by atomic mass is 35.5. The van der Waals surface area contributed by atoms with E-state index in [0.29, 0.717) is 28.8 Å². The zero-order chi connectivity index (χ0) is 19.0. The number of carbonyl (C=O) groups excluding carboxylic acids is 1. The summed E-state index contributed by atoms with van der Waals surface area (Å²) in [4.78, 5) is 25.1. The third-order valence-electron chi connectivity index (χ3n) is 7.66. The number of hydrogen-bond donors (Lipinski definition) is 2. The van der Waals surface area contributed by atoms with Crippen molar-refractivity contribution in [3.05, 3.63) is 33.8 Å². The van der Waals surface area contributed by atoms with Gasteiger partial charge in [-0.05, 0) is 80.4 Å². The Balaban J connectivity index is 1.37. The van der Waals surface area contributed by atoms with E-state index in [2.05, 4.69) is 5.32 Å². The van der Waals surface area contributed by atoms with E-state index in [4.69, 9.17) is 23.2 Å². The summed E-state index contributed by atoms with van der Waals surface area (Å²) in [6.07, 6.45) is 5.91. The molecule has 6 heteroatoms. The predicted molar refractivity (Wildman–Crippen MR) is 103 cm³/mol. The number of carboxylic acid groups (broad SMARTS) is 1. The van der Waals surface area contributed by atoms with Gasteiger partial charge in [0.2, 0.25) is 5.91 Å². The van der Waals surface area contributed by atoms with Crippen molar-refractivity contribution in [2.75, 3.05) is 0 Å². The molecule has 2 atom stereocenters. The molecular formula is C21H23Cl2NO3. The van der Waals surface area contributed by atoms with Crippen LogP contribution in [0.5, 0.6) is 0 Å². The molecule has 4 nitrogen and oxygen atoms in total. The molecule has 5 aliphatic rings. The Morgan fingerprint density at radius 2 is 1.74 bits per heavy atom. The number of amides is 1. The lowest BCUT2D eigenvalue weighted by Gasteiger charge is -2.58. The van der Waals surface area contributed by atoms with E-state index in [1.807, 2.05) is 6.07 Å². The normalized spacial score (nSPS) is 37.9. The summed E-state index contributed by atoms with van der Waals surface area (Å²) in [5, 5.41) is 14.2. The molecule has 6 rings (SSSR count). The average Bonchev–Trinajstić information content (AvgIpc) is 3.39. The molecule has 5 fully saturated rings. The zero-order valence-corrected chi connectivity index (χ0v) is 16.5. The highest BCUT2D eigenvalue weighted by Crippen LogP contribution is 2.60. The fourth-order valence-electron chi connectivity index (χ4n) is 6.43. The first kappa shape index (κ1) is 17.8. The lowest BCUT2D eigenvalue weighted by Crippen LogP contribution is -2.61. The van der Waals surface area contributed by atoms with E-state index in [-0.39, 0.29) is 23.8 Å². The summed E-state index contributed by atoms with van der Waals surface area (Å²) in [5.74, 6) is 0.486. The fourth-order valence-corrected chi connectivity index (χ4v) is 7.02. The number of halogens is 2. The smallest absolute Gasteiger partial charge is 0.309 e. The SMILES string of the molecule is O=C(O)C12CC3CC(C1)C(NC(=O)C1(c4ccc(Cl)cc4Cl)CC1)C(C3)C2. The lowest BCUT2D eigenvalue weighted by molar-refractivity contribution is -0.167. The summed E-state index contributed by atoms with van der Waals surface area (Å²) in [5.41, 5.74) is -0.230. The molecule has 0 radical (unpaired) electrons. The maximum absolute atomic E-state index is 13.3. The molecule has 4 bridgehead atoms. The van der Waals surface area contributed by atoms with Crippen molar-refractivity contribution in [2.24, 2.45) is 23.2 Å². The van der Waals surface area contributed by atoms with E-state index < -0.39 is 16.8 Å². The zero-order valence-electron chi connectivity index (χ0n) is 15.0. The Morgan fingerprint density at radius 1 is 1.07 bits per heavy atom. The second kappa shape index (κ2) is 5.87. The van der Waals surface area contributed by atoms with Crippen LogP contribution >= 0.6 is 23.2 Å². The van der Waals surface area contributed by atoms with Crippen molar-refractivity contribution in [2.45, 2.75) is 56.4 Å². The molecule has 27 heavy (non-hydrogen) atoms. The van der Waals surface area contributed by atoms with Gasteiger partial charge in [0, 0.05) is 16.1 Å². The van der Waals surface area contributed by atoms with Crippen molar-refractivity contribution in [1.82, 2.24) is 5.32 Å². The second-order valence-corrected chi connectivity index (χ2v) is 10.1. The lowest BCUT2D eigenvalue weighted by atomic mass is 9.48. The number of carboxylic acids is 1. The van der Waals surface area contributed by atoms with Crippen molar-refractivity contribution >= 4 is 35.1 Å². The summed E-state index contributed by atoms with van der Waals surface area (Å²) in [6.45, 7) is 0. The van der Waals surface area contributed by atoms with Crippen molar-refractivity contribution in [3.63, 3.8) is 0 Å². The van der Waals surface area contributed by atoms with Crippen LogP contribution in [0.2, 0.25) is 10.0 Å².